The number of nitrogens with zero attached hydrogens (tertiary/aromatic N) is 2. The van der Waals surface area contributed by atoms with E-state index in [1.165, 1.54) is 13.1 Å². The number of hydrogen-bond acceptors (Lipinski definition) is 8. The summed E-state index contributed by atoms with van der Waals surface area (Å²) >= 11 is 3.40. The molecule has 0 saturated heterocycles. The molecule has 0 spiro atoms. The summed E-state index contributed by atoms with van der Waals surface area (Å²) in [6, 6.07) is 10.2. The highest BCUT2D eigenvalue weighted by molar-refractivity contribution is 9.10. The molecule has 0 atom stereocenters. The molecule has 0 amide bonds. The largest absolute Gasteiger partial charge is 0.496 e. The smallest absolute Gasteiger partial charge is 0.242 e. The van der Waals surface area contributed by atoms with Crippen LogP contribution in [-0.4, -0.2) is 39.7 Å². The van der Waals surface area contributed by atoms with E-state index in [0.717, 1.165) is 5.56 Å². The first kappa shape index (κ1) is 22.8. The molecule has 0 saturated carbocycles. The standard InChI is InChI=1S/C20H22BrN5O4S/c1-12-16(29-3)9-13(10-17(12)30-4)24-20-23-11-14(21)19(26-20)25-15-7-5-6-8-18(15)31(27,28)22-2/h5-11,22H,1-4H3,(H2,23,24,25,26). The van der Waals surface area contributed by atoms with E-state index in [-0.39, 0.29) is 4.90 Å². The molecule has 0 aliphatic rings. The Labute approximate surface area is 189 Å². The van der Waals surface area contributed by atoms with E-state index in [0.29, 0.717) is 39.1 Å². The van der Waals surface area contributed by atoms with E-state index >= 15 is 0 Å². The lowest BCUT2D eigenvalue weighted by molar-refractivity contribution is 0.389. The molecule has 0 bridgehead atoms. The Kier molecular flexibility index (Phi) is 6.98. The van der Waals surface area contributed by atoms with Crippen LogP contribution in [0, 0.1) is 6.92 Å². The minimum Gasteiger partial charge on any atom is -0.496 e. The molecule has 31 heavy (non-hydrogen) atoms. The second-order valence-electron chi connectivity index (χ2n) is 6.35. The zero-order valence-corrected chi connectivity index (χ0v) is 19.8. The van der Waals surface area contributed by atoms with Crippen LogP contribution in [0.15, 0.2) is 52.0 Å². The summed E-state index contributed by atoms with van der Waals surface area (Å²) in [6.45, 7) is 1.90. The number of halogens is 1. The summed E-state index contributed by atoms with van der Waals surface area (Å²) in [5.41, 5.74) is 1.92. The second-order valence-corrected chi connectivity index (χ2v) is 9.06. The highest BCUT2D eigenvalue weighted by atomic mass is 79.9. The first-order valence-corrected chi connectivity index (χ1v) is 11.4. The lowest BCUT2D eigenvalue weighted by Crippen LogP contribution is -2.19. The van der Waals surface area contributed by atoms with E-state index in [9.17, 15) is 8.42 Å². The van der Waals surface area contributed by atoms with Crippen LogP contribution in [0.2, 0.25) is 0 Å². The fraction of sp³-hybridized carbons (Fsp3) is 0.200. The lowest BCUT2D eigenvalue weighted by atomic mass is 10.2. The number of aromatic nitrogens is 2. The Hall–Kier alpha value is -2.89. The molecule has 0 radical (unpaired) electrons. The maximum Gasteiger partial charge on any atom is 0.242 e. The van der Waals surface area contributed by atoms with E-state index in [1.54, 1.807) is 38.6 Å². The molecule has 3 N–H and O–H groups in total. The minimum atomic E-state index is -3.65. The number of anilines is 4. The SMILES string of the molecule is CNS(=O)(=O)c1ccccc1Nc1nc(Nc2cc(OC)c(C)c(OC)c2)ncc1Br. The Balaban J connectivity index is 1.95. The van der Waals surface area contributed by atoms with Gasteiger partial charge in [0.15, 0.2) is 0 Å². The highest BCUT2D eigenvalue weighted by Gasteiger charge is 2.18. The molecule has 0 aliphatic carbocycles. The molecular weight excluding hydrogens is 486 g/mol. The van der Waals surface area contributed by atoms with Gasteiger partial charge in [-0.25, -0.2) is 18.1 Å². The molecule has 2 aromatic carbocycles. The fourth-order valence-electron chi connectivity index (χ4n) is 2.84. The van der Waals surface area contributed by atoms with Gasteiger partial charge in [0.1, 0.15) is 22.2 Å². The summed E-state index contributed by atoms with van der Waals surface area (Å²) < 4.78 is 38.3. The number of benzene rings is 2. The Morgan fingerprint density at radius 1 is 1.03 bits per heavy atom. The van der Waals surface area contributed by atoms with Crippen molar-refractivity contribution in [2.75, 3.05) is 31.9 Å². The van der Waals surface area contributed by atoms with Crippen LogP contribution in [-0.2, 0) is 10.0 Å². The normalized spacial score (nSPS) is 11.1. The topological polar surface area (TPSA) is 114 Å². The van der Waals surface area contributed by atoms with E-state index in [2.05, 4.69) is 41.3 Å². The molecule has 3 rings (SSSR count). The van der Waals surface area contributed by atoms with E-state index < -0.39 is 10.0 Å². The van der Waals surface area contributed by atoms with Crippen LogP contribution in [0.1, 0.15) is 5.56 Å². The third-order valence-corrected chi connectivity index (χ3v) is 6.50. The number of rotatable bonds is 8. The van der Waals surface area contributed by atoms with Gasteiger partial charge in [0.25, 0.3) is 0 Å². The molecule has 1 aromatic heterocycles. The molecular formula is C20H22BrN5O4S. The Morgan fingerprint density at radius 2 is 1.68 bits per heavy atom. The van der Waals surface area contributed by atoms with Crippen LogP contribution in [0.25, 0.3) is 0 Å². The number of ether oxygens (including phenoxy) is 2. The average molecular weight is 508 g/mol. The fourth-order valence-corrected chi connectivity index (χ4v) is 4.02. The monoisotopic (exact) mass is 507 g/mol. The van der Waals surface area contributed by atoms with Crippen molar-refractivity contribution in [1.82, 2.24) is 14.7 Å². The van der Waals surface area contributed by atoms with Crippen molar-refractivity contribution in [3.05, 3.63) is 52.6 Å². The number of nitrogens with one attached hydrogen (secondary N) is 3. The first-order chi connectivity index (χ1) is 14.8. The third-order valence-electron chi connectivity index (χ3n) is 4.45. The molecule has 11 heteroatoms. The van der Waals surface area contributed by atoms with Gasteiger partial charge in [0, 0.05) is 29.6 Å². The van der Waals surface area contributed by atoms with Crippen LogP contribution in [0.5, 0.6) is 11.5 Å². The quantitative estimate of drug-likeness (QED) is 0.419. The van der Waals surface area contributed by atoms with E-state index in [1.807, 2.05) is 19.1 Å². The molecule has 0 fully saturated rings. The molecule has 0 aliphatic heterocycles. The van der Waals surface area contributed by atoms with Crippen LogP contribution in [0.3, 0.4) is 0 Å². The first-order valence-electron chi connectivity index (χ1n) is 9.11. The van der Waals surface area contributed by atoms with Gasteiger partial charge in [-0.3, -0.25) is 0 Å². The second kappa shape index (κ2) is 9.50. The Morgan fingerprint density at radius 3 is 2.29 bits per heavy atom. The number of hydrogen-bond donors (Lipinski definition) is 3. The van der Waals surface area contributed by atoms with Crippen molar-refractivity contribution in [3.8, 4) is 11.5 Å². The summed E-state index contributed by atoms with van der Waals surface area (Å²) in [7, 11) is 0.873. The van der Waals surface area contributed by atoms with Crippen LogP contribution in [0.4, 0.5) is 23.1 Å². The minimum absolute atomic E-state index is 0.102. The Bertz CT molecular complexity index is 1180. The van der Waals surface area contributed by atoms with Crippen LogP contribution >= 0.6 is 15.9 Å². The van der Waals surface area contributed by atoms with Gasteiger partial charge < -0.3 is 20.1 Å². The van der Waals surface area contributed by atoms with E-state index in [4.69, 9.17) is 9.47 Å². The summed E-state index contributed by atoms with van der Waals surface area (Å²) in [5, 5.41) is 6.17. The van der Waals surface area contributed by atoms with Gasteiger partial charge >= 0.3 is 0 Å². The van der Waals surface area contributed by atoms with Crippen LogP contribution < -0.4 is 24.8 Å². The average Bonchev–Trinajstić information content (AvgIpc) is 2.77. The van der Waals surface area contributed by atoms with Crippen molar-refractivity contribution in [2.45, 2.75) is 11.8 Å². The van der Waals surface area contributed by atoms with Crippen molar-refractivity contribution in [1.29, 1.82) is 0 Å². The van der Waals surface area contributed by atoms with Gasteiger partial charge in [-0.1, -0.05) is 12.1 Å². The number of para-hydroxylation sites is 1. The van der Waals surface area contributed by atoms with Gasteiger partial charge in [0.2, 0.25) is 16.0 Å². The summed E-state index contributed by atoms with van der Waals surface area (Å²) in [5.74, 6) is 2.00. The summed E-state index contributed by atoms with van der Waals surface area (Å²) in [4.78, 5) is 8.85. The maximum absolute atomic E-state index is 12.3. The predicted octanol–water partition coefficient (Wildman–Crippen LogP) is 3.96. The third kappa shape index (κ3) is 5.06. The van der Waals surface area contributed by atoms with Crippen molar-refractivity contribution in [3.63, 3.8) is 0 Å². The zero-order chi connectivity index (χ0) is 22.6. The molecule has 9 nitrogen and oxygen atoms in total. The van der Waals surface area contributed by atoms with Crippen molar-refractivity contribution in [2.24, 2.45) is 0 Å². The summed E-state index contributed by atoms with van der Waals surface area (Å²) in [6.07, 6.45) is 1.56. The molecule has 3 aromatic rings. The van der Waals surface area contributed by atoms with Crippen molar-refractivity contribution < 1.29 is 17.9 Å². The molecule has 0 unspecified atom stereocenters. The van der Waals surface area contributed by atoms with Gasteiger partial charge in [0.05, 0.1) is 24.4 Å². The number of methoxy groups -OCH3 is 2. The molecule has 164 valence electrons. The zero-order valence-electron chi connectivity index (χ0n) is 17.4. The maximum atomic E-state index is 12.3. The predicted molar refractivity (Wildman–Crippen MR) is 123 cm³/mol. The van der Waals surface area contributed by atoms with Gasteiger partial charge in [-0.2, -0.15) is 4.98 Å². The number of sulfonamides is 1. The molecule has 1 heterocycles. The van der Waals surface area contributed by atoms with Gasteiger partial charge in [-0.15, -0.1) is 0 Å². The highest BCUT2D eigenvalue weighted by Crippen LogP contribution is 2.34. The lowest BCUT2D eigenvalue weighted by Gasteiger charge is -2.15. The van der Waals surface area contributed by atoms with Gasteiger partial charge in [-0.05, 0) is 42.0 Å². The van der Waals surface area contributed by atoms with Crippen molar-refractivity contribution >= 4 is 49.1 Å².